The molecule has 5 rings (SSSR count). The van der Waals surface area contributed by atoms with Gasteiger partial charge in [0.05, 0.1) is 5.41 Å². The molecule has 0 spiro atoms. The van der Waals surface area contributed by atoms with Crippen molar-refractivity contribution in [1.29, 1.82) is 0 Å². The van der Waals surface area contributed by atoms with Gasteiger partial charge < -0.3 is 9.47 Å². The average Bonchev–Trinajstić information content (AvgIpc) is 3.46. The van der Waals surface area contributed by atoms with Crippen molar-refractivity contribution in [2.24, 2.45) is 0 Å². The lowest BCUT2D eigenvalue weighted by molar-refractivity contribution is 0.306. The first-order valence-corrected chi connectivity index (χ1v) is 11.7. The third-order valence-corrected chi connectivity index (χ3v) is 7.09. The highest BCUT2D eigenvalue weighted by Gasteiger charge is 2.68. The van der Waals surface area contributed by atoms with Crippen LogP contribution in [0.3, 0.4) is 0 Å². The molecule has 0 heterocycles. The number of halogens is 2. The summed E-state index contributed by atoms with van der Waals surface area (Å²) in [5.41, 5.74) is 3.99. The van der Waals surface area contributed by atoms with E-state index in [4.69, 9.17) is 32.7 Å². The molecule has 0 N–H and O–H groups in total. The van der Waals surface area contributed by atoms with Gasteiger partial charge in [-0.2, -0.15) is 0 Å². The van der Waals surface area contributed by atoms with Crippen molar-refractivity contribution in [3.8, 4) is 11.5 Å². The van der Waals surface area contributed by atoms with Gasteiger partial charge in [-0.15, -0.1) is 23.2 Å². The first-order valence-electron chi connectivity index (χ1n) is 11.0. The van der Waals surface area contributed by atoms with Gasteiger partial charge in [-0.25, -0.2) is 0 Å². The maximum Gasteiger partial charge on any atom is 0.133 e. The number of rotatable bonds is 8. The summed E-state index contributed by atoms with van der Waals surface area (Å²) < 4.78 is 11.0. The van der Waals surface area contributed by atoms with Gasteiger partial charge in [0.2, 0.25) is 0 Å². The third-order valence-electron chi connectivity index (χ3n) is 6.18. The standard InChI is InChI=1S/C29H24Cl2O2/c30-29(31)21-28(29,24-11-15-26(16-12-24)32-19-22-7-3-1-4-8-22)25-13-17-27(18-14-25)33-20-23-9-5-2-6-10-23/h1-18H,19-21H2. The molecular formula is C29H24Cl2O2. The van der Waals surface area contributed by atoms with Crippen molar-refractivity contribution in [2.75, 3.05) is 0 Å². The average molecular weight is 475 g/mol. The molecule has 0 amide bonds. The lowest BCUT2D eigenvalue weighted by Crippen LogP contribution is -2.17. The summed E-state index contributed by atoms with van der Waals surface area (Å²) in [6.45, 7) is 1.06. The predicted molar refractivity (Wildman–Crippen MR) is 134 cm³/mol. The minimum absolute atomic E-state index is 0.438. The summed E-state index contributed by atoms with van der Waals surface area (Å²) in [5.74, 6) is 1.63. The van der Waals surface area contributed by atoms with Crippen LogP contribution in [0.4, 0.5) is 0 Å². The Hall–Kier alpha value is -2.94. The van der Waals surface area contributed by atoms with Crippen molar-refractivity contribution in [3.05, 3.63) is 131 Å². The minimum Gasteiger partial charge on any atom is -0.489 e. The fourth-order valence-electron chi connectivity index (χ4n) is 4.24. The SMILES string of the molecule is ClC1(Cl)CC1(c1ccc(OCc2ccccc2)cc1)c1ccc(OCc2ccccc2)cc1. The molecule has 0 aromatic heterocycles. The van der Waals surface area contributed by atoms with Gasteiger partial charge >= 0.3 is 0 Å². The topological polar surface area (TPSA) is 18.5 Å². The number of hydrogen-bond acceptors (Lipinski definition) is 2. The Morgan fingerprint density at radius 3 is 1.24 bits per heavy atom. The summed E-state index contributed by atoms with van der Waals surface area (Å²) in [4.78, 5) is 0. The first-order chi connectivity index (χ1) is 16.1. The molecule has 0 aliphatic heterocycles. The van der Waals surface area contributed by atoms with Crippen LogP contribution in [0.5, 0.6) is 11.5 Å². The maximum atomic E-state index is 6.70. The molecule has 4 aromatic carbocycles. The van der Waals surface area contributed by atoms with Crippen molar-refractivity contribution < 1.29 is 9.47 Å². The second kappa shape index (κ2) is 9.13. The van der Waals surface area contributed by atoms with E-state index in [0.717, 1.165) is 33.8 Å². The number of alkyl halides is 2. The molecule has 1 aliphatic carbocycles. The van der Waals surface area contributed by atoms with Crippen molar-refractivity contribution in [1.82, 2.24) is 0 Å². The molecule has 0 atom stereocenters. The van der Waals surface area contributed by atoms with Gasteiger partial charge in [-0.1, -0.05) is 84.9 Å². The van der Waals surface area contributed by atoms with Crippen LogP contribution in [-0.2, 0) is 18.6 Å². The number of ether oxygens (including phenoxy) is 2. The molecule has 0 bridgehead atoms. The van der Waals surface area contributed by atoms with Gasteiger partial charge in [0.25, 0.3) is 0 Å². The zero-order valence-electron chi connectivity index (χ0n) is 18.1. The van der Waals surface area contributed by atoms with Crippen LogP contribution < -0.4 is 9.47 Å². The Morgan fingerprint density at radius 1 is 0.545 bits per heavy atom. The van der Waals surface area contributed by atoms with Gasteiger partial charge in [0, 0.05) is 0 Å². The summed E-state index contributed by atoms with van der Waals surface area (Å²) >= 11 is 13.4. The van der Waals surface area contributed by atoms with Gasteiger partial charge in [0.1, 0.15) is 29.0 Å². The monoisotopic (exact) mass is 474 g/mol. The molecule has 1 aliphatic rings. The predicted octanol–water partition coefficient (Wildman–Crippen LogP) is 7.71. The quantitative estimate of drug-likeness (QED) is 0.243. The zero-order valence-corrected chi connectivity index (χ0v) is 19.6. The van der Waals surface area contributed by atoms with E-state index in [9.17, 15) is 0 Å². The van der Waals surface area contributed by atoms with E-state index < -0.39 is 9.75 Å². The Bertz CT molecular complexity index is 1100. The van der Waals surface area contributed by atoms with E-state index in [-0.39, 0.29) is 0 Å². The van der Waals surface area contributed by atoms with E-state index in [1.54, 1.807) is 0 Å². The van der Waals surface area contributed by atoms with E-state index in [2.05, 4.69) is 48.5 Å². The first kappa shape index (κ1) is 21.9. The fraction of sp³-hybridized carbons (Fsp3) is 0.172. The van der Waals surface area contributed by atoms with Crippen LogP contribution in [0.1, 0.15) is 28.7 Å². The maximum absolute atomic E-state index is 6.70. The van der Waals surface area contributed by atoms with Crippen LogP contribution in [0.2, 0.25) is 0 Å². The zero-order chi connectivity index (χ0) is 22.7. The van der Waals surface area contributed by atoms with Crippen LogP contribution in [0.15, 0.2) is 109 Å². The van der Waals surface area contributed by atoms with E-state index in [0.29, 0.717) is 19.6 Å². The largest absolute Gasteiger partial charge is 0.489 e. The van der Waals surface area contributed by atoms with Crippen molar-refractivity contribution in [3.63, 3.8) is 0 Å². The normalized spacial score (nSPS) is 15.6. The lowest BCUT2D eigenvalue weighted by Gasteiger charge is -2.20. The van der Waals surface area contributed by atoms with E-state index in [1.165, 1.54) is 0 Å². The molecule has 4 heteroatoms. The Kier molecular flexibility index (Phi) is 6.05. The highest BCUT2D eigenvalue weighted by Crippen LogP contribution is 2.68. The Balaban J connectivity index is 1.29. The summed E-state index contributed by atoms with van der Waals surface area (Å²) in [6.07, 6.45) is 0.664. The number of benzene rings is 4. The molecule has 1 saturated carbocycles. The third kappa shape index (κ3) is 4.59. The second-order valence-corrected chi connectivity index (χ2v) is 9.87. The summed E-state index contributed by atoms with van der Waals surface area (Å²) in [5, 5.41) is 0. The minimum atomic E-state index is -0.841. The van der Waals surface area contributed by atoms with Crippen molar-refractivity contribution in [2.45, 2.75) is 29.4 Å². The molecule has 1 fully saturated rings. The summed E-state index contributed by atoms with van der Waals surface area (Å²) in [6, 6.07) is 36.4. The molecular weight excluding hydrogens is 451 g/mol. The number of hydrogen-bond donors (Lipinski definition) is 0. The molecule has 33 heavy (non-hydrogen) atoms. The molecule has 166 valence electrons. The smallest absolute Gasteiger partial charge is 0.133 e. The fourth-order valence-corrected chi connectivity index (χ4v) is 5.07. The van der Waals surface area contributed by atoms with Crippen LogP contribution in [0, 0.1) is 0 Å². The summed E-state index contributed by atoms with van der Waals surface area (Å²) in [7, 11) is 0. The molecule has 0 saturated heterocycles. The van der Waals surface area contributed by atoms with Gasteiger partial charge in [-0.3, -0.25) is 0 Å². The molecule has 2 nitrogen and oxygen atoms in total. The van der Waals surface area contributed by atoms with Crippen molar-refractivity contribution >= 4 is 23.2 Å². The van der Waals surface area contributed by atoms with Crippen LogP contribution >= 0.6 is 23.2 Å². The Labute approximate surface area is 204 Å². The van der Waals surface area contributed by atoms with Gasteiger partial charge in [0.15, 0.2) is 0 Å². The molecule has 4 aromatic rings. The second-order valence-electron chi connectivity index (χ2n) is 8.38. The molecule has 0 unspecified atom stereocenters. The van der Waals surface area contributed by atoms with Crippen LogP contribution in [0.25, 0.3) is 0 Å². The van der Waals surface area contributed by atoms with E-state index in [1.807, 2.05) is 60.7 Å². The van der Waals surface area contributed by atoms with Crippen LogP contribution in [-0.4, -0.2) is 4.33 Å². The van der Waals surface area contributed by atoms with E-state index >= 15 is 0 Å². The van der Waals surface area contributed by atoms with Gasteiger partial charge in [-0.05, 0) is 52.9 Å². The highest BCUT2D eigenvalue weighted by atomic mass is 35.5. The Morgan fingerprint density at radius 2 is 0.909 bits per heavy atom. The highest BCUT2D eigenvalue weighted by molar-refractivity contribution is 6.52. The molecule has 0 radical (unpaired) electrons. The lowest BCUT2D eigenvalue weighted by atomic mass is 9.88.